The largest absolute Gasteiger partial charge is 0.307 e. The molecule has 4 rings (SSSR count). The van der Waals surface area contributed by atoms with Crippen molar-refractivity contribution in [3.63, 3.8) is 0 Å². The predicted octanol–water partition coefficient (Wildman–Crippen LogP) is 2.32. The molecular weight excluding hydrogens is 342 g/mol. The van der Waals surface area contributed by atoms with Gasteiger partial charge >= 0.3 is 0 Å². The van der Waals surface area contributed by atoms with Gasteiger partial charge in [-0.2, -0.15) is 0 Å². The highest BCUT2D eigenvalue weighted by atomic mass is 16.5. The monoisotopic (exact) mass is 367 g/mol. The van der Waals surface area contributed by atoms with Gasteiger partial charge in [-0.25, -0.2) is 5.48 Å². The second-order valence-corrected chi connectivity index (χ2v) is 7.98. The second-order valence-electron chi connectivity index (χ2n) is 7.98. The molecule has 0 aromatic heterocycles. The van der Waals surface area contributed by atoms with E-state index in [1.54, 1.807) is 17.6 Å². The van der Waals surface area contributed by atoms with Crippen molar-refractivity contribution < 1.29 is 14.8 Å². The summed E-state index contributed by atoms with van der Waals surface area (Å²) in [5.74, 6) is 0.0698. The van der Waals surface area contributed by atoms with E-state index in [2.05, 4.69) is 31.0 Å². The highest BCUT2D eigenvalue weighted by Crippen LogP contribution is 2.51. The fourth-order valence-corrected chi connectivity index (χ4v) is 4.56. The van der Waals surface area contributed by atoms with Gasteiger partial charge in [0.15, 0.2) is 0 Å². The summed E-state index contributed by atoms with van der Waals surface area (Å²) in [6.07, 6.45) is 6.35. The second kappa shape index (κ2) is 6.62. The van der Waals surface area contributed by atoms with Crippen LogP contribution < -0.4 is 5.48 Å². The van der Waals surface area contributed by atoms with Crippen LogP contribution in [0.5, 0.6) is 0 Å². The first-order valence-corrected chi connectivity index (χ1v) is 9.41. The predicted molar refractivity (Wildman–Crippen MR) is 101 cm³/mol. The zero-order valence-electron chi connectivity index (χ0n) is 15.7. The maximum absolute atomic E-state index is 13.5. The van der Waals surface area contributed by atoms with E-state index in [9.17, 15) is 9.59 Å². The van der Waals surface area contributed by atoms with Crippen LogP contribution in [0.1, 0.15) is 35.7 Å². The van der Waals surface area contributed by atoms with E-state index in [1.807, 2.05) is 17.0 Å². The Morgan fingerprint density at radius 2 is 2.07 bits per heavy atom. The van der Waals surface area contributed by atoms with Gasteiger partial charge in [-0.05, 0) is 55.6 Å². The van der Waals surface area contributed by atoms with Crippen molar-refractivity contribution in [2.45, 2.75) is 26.3 Å². The van der Waals surface area contributed by atoms with Gasteiger partial charge in [-0.3, -0.25) is 14.8 Å². The maximum atomic E-state index is 13.5. The van der Waals surface area contributed by atoms with Gasteiger partial charge in [0.2, 0.25) is 5.91 Å². The minimum atomic E-state index is -0.541. The topological polar surface area (TPSA) is 72.9 Å². The van der Waals surface area contributed by atoms with Crippen molar-refractivity contribution >= 4 is 11.8 Å². The molecule has 1 aliphatic carbocycles. The first kappa shape index (κ1) is 17.9. The third-order valence-corrected chi connectivity index (χ3v) is 5.99. The Hall–Kier alpha value is -2.44. The van der Waals surface area contributed by atoms with Crippen molar-refractivity contribution in [2.75, 3.05) is 20.1 Å². The molecule has 2 unspecified atom stereocenters. The number of amides is 2. The molecule has 27 heavy (non-hydrogen) atoms. The lowest BCUT2D eigenvalue weighted by molar-refractivity contribution is -0.134. The molecule has 2 fully saturated rings. The SMILES string of the molecule is CC1C=C2C(=CC1)C1(CCN(C)C1)C(=O)N2Cc1ccc(C(=O)NO)cc1. The minimum Gasteiger partial charge on any atom is -0.307 e. The Kier molecular flexibility index (Phi) is 4.40. The van der Waals surface area contributed by atoms with Crippen LogP contribution in [-0.4, -0.2) is 47.0 Å². The maximum Gasteiger partial charge on any atom is 0.274 e. The van der Waals surface area contributed by atoms with E-state index >= 15 is 0 Å². The molecule has 2 heterocycles. The van der Waals surface area contributed by atoms with Gasteiger partial charge in [0.05, 0.1) is 12.0 Å². The van der Waals surface area contributed by atoms with Crippen LogP contribution in [0.3, 0.4) is 0 Å². The number of nitrogens with zero attached hydrogens (tertiary/aromatic N) is 2. The molecule has 2 atom stereocenters. The highest BCUT2D eigenvalue weighted by Gasteiger charge is 2.56. The van der Waals surface area contributed by atoms with E-state index in [1.165, 1.54) is 5.57 Å². The molecule has 2 saturated heterocycles. The molecule has 142 valence electrons. The lowest BCUT2D eigenvalue weighted by atomic mass is 9.77. The van der Waals surface area contributed by atoms with Crippen LogP contribution in [0.4, 0.5) is 0 Å². The Bertz CT molecular complexity index is 843. The molecule has 2 amide bonds. The number of hydrogen-bond donors (Lipinski definition) is 2. The minimum absolute atomic E-state index is 0.190. The molecule has 2 aliphatic heterocycles. The molecule has 6 heteroatoms. The van der Waals surface area contributed by atoms with E-state index < -0.39 is 11.3 Å². The van der Waals surface area contributed by atoms with Gasteiger partial charge in [0, 0.05) is 17.8 Å². The number of carbonyl (C=O) groups is 2. The molecule has 0 saturated carbocycles. The molecule has 1 aromatic carbocycles. The number of allylic oxidation sites excluding steroid dienone is 3. The molecule has 1 spiro atoms. The summed E-state index contributed by atoms with van der Waals surface area (Å²) in [4.78, 5) is 29.1. The van der Waals surface area contributed by atoms with Gasteiger partial charge in [0.25, 0.3) is 5.91 Å². The fourth-order valence-electron chi connectivity index (χ4n) is 4.56. The van der Waals surface area contributed by atoms with Crippen molar-refractivity contribution in [1.82, 2.24) is 15.3 Å². The number of fused-ring (bicyclic) bond motifs is 2. The van der Waals surface area contributed by atoms with E-state index in [-0.39, 0.29) is 5.91 Å². The van der Waals surface area contributed by atoms with Gasteiger partial charge in [-0.1, -0.05) is 31.2 Å². The van der Waals surface area contributed by atoms with Crippen LogP contribution >= 0.6 is 0 Å². The summed E-state index contributed by atoms with van der Waals surface area (Å²) >= 11 is 0. The molecule has 6 nitrogen and oxygen atoms in total. The Morgan fingerprint density at radius 3 is 2.70 bits per heavy atom. The number of rotatable bonds is 3. The molecular formula is C21H25N3O3. The molecule has 2 N–H and O–H groups in total. The van der Waals surface area contributed by atoms with Crippen molar-refractivity contribution in [3.05, 3.63) is 58.8 Å². The Morgan fingerprint density at radius 1 is 1.33 bits per heavy atom. The fraction of sp³-hybridized carbons (Fsp3) is 0.429. The van der Waals surface area contributed by atoms with E-state index in [0.29, 0.717) is 18.0 Å². The average molecular weight is 367 g/mol. The average Bonchev–Trinajstić information content (AvgIpc) is 3.16. The lowest BCUT2D eigenvalue weighted by Gasteiger charge is -2.23. The summed E-state index contributed by atoms with van der Waals surface area (Å²) in [5.41, 5.74) is 4.83. The van der Waals surface area contributed by atoms with Crippen LogP contribution in [0, 0.1) is 11.3 Å². The number of likely N-dealkylation sites (tertiary alicyclic amines) is 2. The Balaban J connectivity index is 1.65. The summed E-state index contributed by atoms with van der Waals surface area (Å²) in [6.45, 7) is 4.37. The van der Waals surface area contributed by atoms with E-state index in [4.69, 9.17) is 5.21 Å². The van der Waals surface area contributed by atoms with Gasteiger partial charge < -0.3 is 9.80 Å². The highest BCUT2D eigenvalue weighted by molar-refractivity contribution is 5.95. The van der Waals surface area contributed by atoms with Crippen LogP contribution in [0.15, 0.2) is 47.7 Å². The normalized spacial score (nSPS) is 27.6. The Labute approximate surface area is 159 Å². The van der Waals surface area contributed by atoms with Crippen molar-refractivity contribution in [3.8, 4) is 0 Å². The quantitative estimate of drug-likeness (QED) is 0.635. The lowest BCUT2D eigenvalue weighted by Crippen LogP contribution is -2.36. The van der Waals surface area contributed by atoms with Gasteiger partial charge in [-0.15, -0.1) is 0 Å². The van der Waals surface area contributed by atoms with Crippen LogP contribution in [0.2, 0.25) is 0 Å². The summed E-state index contributed by atoms with van der Waals surface area (Å²) in [7, 11) is 2.07. The smallest absolute Gasteiger partial charge is 0.274 e. The molecule has 1 aromatic rings. The molecule has 0 bridgehead atoms. The number of nitrogens with one attached hydrogen (secondary N) is 1. The standard InChI is InChI=1S/C21H25N3O3/c1-14-3-8-17-18(11-14)24(20(26)21(17)9-10-23(2)13-21)12-15-4-6-16(7-5-15)19(25)22-27/h4-8,11,14,27H,3,9-10,12-13H2,1-2H3,(H,22,25). The zero-order chi connectivity index (χ0) is 19.2. The van der Waals surface area contributed by atoms with Crippen LogP contribution in [0.25, 0.3) is 0 Å². The number of hydroxylamine groups is 1. The van der Waals surface area contributed by atoms with Crippen LogP contribution in [-0.2, 0) is 11.3 Å². The van der Waals surface area contributed by atoms with E-state index in [0.717, 1.165) is 37.2 Å². The van der Waals surface area contributed by atoms with Gasteiger partial charge in [0.1, 0.15) is 0 Å². The summed E-state index contributed by atoms with van der Waals surface area (Å²) in [5, 5.41) is 8.75. The third-order valence-electron chi connectivity index (χ3n) is 5.99. The summed E-state index contributed by atoms with van der Waals surface area (Å²) < 4.78 is 0. The number of benzene rings is 1. The first-order valence-electron chi connectivity index (χ1n) is 9.41. The zero-order valence-corrected chi connectivity index (χ0v) is 15.7. The molecule has 3 aliphatic rings. The van der Waals surface area contributed by atoms with Crippen molar-refractivity contribution in [2.24, 2.45) is 11.3 Å². The molecule has 0 radical (unpaired) electrons. The summed E-state index contributed by atoms with van der Waals surface area (Å²) in [6, 6.07) is 6.99. The van der Waals surface area contributed by atoms with Crippen molar-refractivity contribution in [1.29, 1.82) is 0 Å². The first-order chi connectivity index (χ1) is 12.9. The number of carbonyl (C=O) groups excluding carboxylic acids is 2. The number of hydrogen-bond acceptors (Lipinski definition) is 4. The third kappa shape index (κ3) is 2.89.